The Morgan fingerprint density at radius 1 is 1.03 bits per heavy atom. The van der Waals surface area contributed by atoms with Gasteiger partial charge in [0.25, 0.3) is 5.69 Å². The quantitative estimate of drug-likeness (QED) is 0.362. The van der Waals surface area contributed by atoms with E-state index in [1.165, 1.54) is 24.2 Å². The minimum Gasteiger partial charge on any atom is -0.490 e. The van der Waals surface area contributed by atoms with Crippen LogP contribution >= 0.6 is 11.8 Å². The van der Waals surface area contributed by atoms with Gasteiger partial charge in [-0.3, -0.25) is 10.1 Å². The molecule has 2 fully saturated rings. The van der Waals surface area contributed by atoms with Crippen LogP contribution in [0, 0.1) is 10.1 Å². The number of nitro groups is 1. The van der Waals surface area contributed by atoms with Crippen molar-refractivity contribution >= 4 is 28.8 Å². The molecule has 3 N–H and O–H groups in total. The standard InChI is InChI=1S/C16H14N2O3S.C5H11NO.C2H6/c19-18(20)10-4-6-13-15(8-10)22-16-9-12(5-7-14(16)17-13)21-11-2-1-3-11;7-5-1-3-6-4-2-5;1-2/h4-9,11,17H,1-3H2;5-7H,1-4H2;1-2H3. The summed E-state index contributed by atoms with van der Waals surface area (Å²) in [6.45, 7) is 5.97. The Labute approximate surface area is 187 Å². The molecule has 2 heterocycles. The maximum Gasteiger partial charge on any atom is 0.270 e. The van der Waals surface area contributed by atoms with Gasteiger partial charge in [0, 0.05) is 21.9 Å². The van der Waals surface area contributed by atoms with Crippen LogP contribution in [0.2, 0.25) is 0 Å². The molecule has 168 valence electrons. The van der Waals surface area contributed by atoms with Gasteiger partial charge in [0.15, 0.2) is 0 Å². The number of anilines is 2. The first-order valence-electron chi connectivity index (χ1n) is 11.0. The normalized spacial score (nSPS) is 17.3. The summed E-state index contributed by atoms with van der Waals surface area (Å²) in [7, 11) is 0. The highest BCUT2D eigenvalue weighted by Gasteiger charge is 2.22. The maximum absolute atomic E-state index is 10.9. The van der Waals surface area contributed by atoms with Crippen molar-refractivity contribution in [3.8, 4) is 5.75 Å². The number of piperidine rings is 1. The summed E-state index contributed by atoms with van der Waals surface area (Å²) >= 11 is 1.53. The number of nitrogens with one attached hydrogen (secondary N) is 2. The number of aliphatic hydroxyl groups is 1. The molecular weight excluding hydrogens is 414 g/mol. The third kappa shape index (κ3) is 6.35. The SMILES string of the molecule is CC.O=[N+]([O-])c1ccc2c(c1)Sc1cc(OC3CCC3)ccc1N2.OC1CCNCC1. The van der Waals surface area contributed by atoms with Crippen LogP contribution in [0.1, 0.15) is 46.0 Å². The Morgan fingerprint density at radius 3 is 2.23 bits per heavy atom. The van der Waals surface area contributed by atoms with Crippen molar-refractivity contribution in [1.82, 2.24) is 5.32 Å². The van der Waals surface area contributed by atoms with Gasteiger partial charge in [-0.15, -0.1) is 0 Å². The Hall–Kier alpha value is -2.29. The molecule has 2 aromatic rings. The van der Waals surface area contributed by atoms with Crippen molar-refractivity contribution in [1.29, 1.82) is 0 Å². The molecular formula is C23H31N3O4S. The van der Waals surface area contributed by atoms with Crippen molar-refractivity contribution in [2.24, 2.45) is 0 Å². The van der Waals surface area contributed by atoms with E-state index in [1.54, 1.807) is 12.1 Å². The fourth-order valence-corrected chi connectivity index (χ4v) is 4.38. The fourth-order valence-electron chi connectivity index (χ4n) is 3.33. The third-order valence-corrected chi connectivity index (χ3v) is 6.40. The molecule has 1 saturated carbocycles. The molecule has 0 aromatic heterocycles. The minimum absolute atomic E-state index is 0.0266. The first-order valence-corrected chi connectivity index (χ1v) is 11.8. The number of non-ortho nitro benzene ring substituents is 1. The monoisotopic (exact) mass is 445 g/mol. The number of nitro benzene ring substituents is 1. The second-order valence-electron chi connectivity index (χ2n) is 7.47. The van der Waals surface area contributed by atoms with E-state index in [-0.39, 0.29) is 16.7 Å². The van der Waals surface area contributed by atoms with Gasteiger partial charge in [-0.1, -0.05) is 25.6 Å². The van der Waals surface area contributed by atoms with Gasteiger partial charge < -0.3 is 20.5 Å². The van der Waals surface area contributed by atoms with Crippen molar-refractivity contribution in [3.05, 3.63) is 46.5 Å². The molecule has 0 amide bonds. The number of aliphatic hydroxyl groups excluding tert-OH is 1. The molecule has 0 atom stereocenters. The van der Waals surface area contributed by atoms with E-state index in [0.717, 1.165) is 65.7 Å². The molecule has 0 unspecified atom stereocenters. The number of rotatable bonds is 3. The van der Waals surface area contributed by atoms with E-state index in [4.69, 9.17) is 9.84 Å². The highest BCUT2D eigenvalue weighted by Crippen LogP contribution is 2.46. The number of nitrogens with zero attached hydrogens (tertiary/aromatic N) is 1. The molecule has 31 heavy (non-hydrogen) atoms. The molecule has 8 heteroatoms. The Morgan fingerprint density at radius 2 is 1.68 bits per heavy atom. The lowest BCUT2D eigenvalue weighted by Gasteiger charge is -2.27. The Bertz CT molecular complexity index is 883. The molecule has 7 nitrogen and oxygen atoms in total. The predicted molar refractivity (Wildman–Crippen MR) is 125 cm³/mol. The number of fused-ring (bicyclic) bond motifs is 2. The van der Waals surface area contributed by atoms with Crippen LogP contribution in [0.25, 0.3) is 0 Å². The van der Waals surface area contributed by atoms with E-state index in [9.17, 15) is 10.1 Å². The van der Waals surface area contributed by atoms with Crippen LogP contribution in [0.5, 0.6) is 5.75 Å². The Balaban J connectivity index is 0.000000256. The second-order valence-corrected chi connectivity index (χ2v) is 8.56. The minimum atomic E-state index is -0.369. The van der Waals surface area contributed by atoms with Gasteiger partial charge in [0.2, 0.25) is 0 Å². The van der Waals surface area contributed by atoms with Crippen LogP contribution in [0.3, 0.4) is 0 Å². The maximum atomic E-state index is 10.9. The molecule has 2 aromatic carbocycles. The zero-order chi connectivity index (χ0) is 22.2. The average molecular weight is 446 g/mol. The van der Waals surface area contributed by atoms with Crippen LogP contribution in [0.4, 0.5) is 17.1 Å². The lowest BCUT2D eigenvalue weighted by Crippen LogP contribution is -2.30. The van der Waals surface area contributed by atoms with E-state index in [1.807, 2.05) is 32.0 Å². The topological polar surface area (TPSA) is 96.7 Å². The number of benzene rings is 2. The van der Waals surface area contributed by atoms with Crippen molar-refractivity contribution in [2.75, 3.05) is 18.4 Å². The number of hydrogen-bond donors (Lipinski definition) is 3. The van der Waals surface area contributed by atoms with Gasteiger partial charge in [-0.05, 0) is 69.5 Å². The molecule has 3 aliphatic rings. The average Bonchev–Trinajstić information content (AvgIpc) is 2.76. The Kier molecular flexibility index (Phi) is 8.57. The third-order valence-electron chi connectivity index (χ3n) is 5.28. The summed E-state index contributed by atoms with van der Waals surface area (Å²) in [5.41, 5.74) is 2.02. The molecule has 2 aliphatic heterocycles. The van der Waals surface area contributed by atoms with Crippen LogP contribution in [0.15, 0.2) is 46.2 Å². The van der Waals surface area contributed by atoms with Crippen molar-refractivity contribution < 1.29 is 14.8 Å². The highest BCUT2D eigenvalue weighted by atomic mass is 32.2. The molecule has 5 rings (SSSR count). The summed E-state index contributed by atoms with van der Waals surface area (Å²) in [6, 6.07) is 10.9. The van der Waals surface area contributed by atoms with Crippen molar-refractivity contribution in [2.45, 2.75) is 68.0 Å². The summed E-state index contributed by atoms with van der Waals surface area (Å²) in [5, 5.41) is 26.2. The zero-order valence-electron chi connectivity index (χ0n) is 18.1. The summed E-state index contributed by atoms with van der Waals surface area (Å²) in [6.07, 6.45) is 5.66. The van der Waals surface area contributed by atoms with Gasteiger partial charge in [-0.25, -0.2) is 0 Å². The lowest BCUT2D eigenvalue weighted by molar-refractivity contribution is -0.385. The fraction of sp³-hybridized carbons (Fsp3) is 0.478. The molecule has 0 spiro atoms. The zero-order valence-corrected chi connectivity index (χ0v) is 18.9. The van der Waals surface area contributed by atoms with Crippen LogP contribution in [-0.4, -0.2) is 35.3 Å². The summed E-state index contributed by atoms with van der Waals surface area (Å²) < 4.78 is 5.92. The van der Waals surface area contributed by atoms with Gasteiger partial charge in [0.1, 0.15) is 5.75 Å². The van der Waals surface area contributed by atoms with E-state index in [2.05, 4.69) is 10.6 Å². The second kappa shape index (κ2) is 11.4. The van der Waals surface area contributed by atoms with Gasteiger partial charge in [-0.2, -0.15) is 0 Å². The largest absolute Gasteiger partial charge is 0.490 e. The lowest BCUT2D eigenvalue weighted by atomic mass is 9.96. The molecule has 1 aliphatic carbocycles. The van der Waals surface area contributed by atoms with E-state index in [0.29, 0.717) is 6.10 Å². The molecule has 0 radical (unpaired) electrons. The van der Waals surface area contributed by atoms with Gasteiger partial charge in [0.05, 0.1) is 28.5 Å². The first kappa shape index (κ1) is 23.4. The molecule has 1 saturated heterocycles. The van der Waals surface area contributed by atoms with Crippen LogP contribution < -0.4 is 15.4 Å². The number of ether oxygens (including phenoxy) is 1. The summed E-state index contributed by atoms with van der Waals surface area (Å²) in [4.78, 5) is 12.4. The van der Waals surface area contributed by atoms with Crippen molar-refractivity contribution in [3.63, 3.8) is 0 Å². The predicted octanol–water partition coefficient (Wildman–Crippen LogP) is 5.49. The van der Waals surface area contributed by atoms with E-state index >= 15 is 0 Å². The highest BCUT2D eigenvalue weighted by molar-refractivity contribution is 7.99. The smallest absolute Gasteiger partial charge is 0.270 e. The van der Waals surface area contributed by atoms with Crippen LogP contribution in [-0.2, 0) is 0 Å². The van der Waals surface area contributed by atoms with E-state index < -0.39 is 0 Å². The number of hydrogen-bond acceptors (Lipinski definition) is 7. The van der Waals surface area contributed by atoms with Gasteiger partial charge >= 0.3 is 0 Å². The first-order chi connectivity index (χ1) is 15.1. The summed E-state index contributed by atoms with van der Waals surface area (Å²) in [5.74, 6) is 0.867. The molecule has 0 bridgehead atoms.